The molecule has 0 bridgehead atoms. The van der Waals surface area contributed by atoms with Crippen molar-refractivity contribution in [2.75, 3.05) is 0 Å². The molecule has 2 N–H and O–H groups in total. The number of carbonyl (C=O) groups is 3. The van der Waals surface area contributed by atoms with Crippen LogP contribution in [0, 0.1) is 5.92 Å². The van der Waals surface area contributed by atoms with Crippen LogP contribution in [0.15, 0.2) is 30.3 Å². The molecule has 0 radical (unpaired) electrons. The van der Waals surface area contributed by atoms with Gasteiger partial charge < -0.3 is 25.3 Å². The third-order valence-corrected chi connectivity index (χ3v) is 3.24. The normalized spacial score (nSPS) is 13.0. The smallest absolute Gasteiger partial charge is 0.408 e. The first-order valence-corrected chi connectivity index (χ1v) is 7.78. The number of alkyl carbamates (subject to hydrolysis) is 1. The molecule has 132 valence electrons. The molecular weight excluding hydrogens is 312 g/mol. The molecule has 7 nitrogen and oxygen atoms in total. The van der Waals surface area contributed by atoms with Gasteiger partial charge in [0.15, 0.2) is 0 Å². The van der Waals surface area contributed by atoms with Gasteiger partial charge in [0, 0.05) is 0 Å². The summed E-state index contributed by atoms with van der Waals surface area (Å²) in [4.78, 5) is 34.7. The van der Waals surface area contributed by atoms with Crippen molar-refractivity contribution in [1.29, 1.82) is 0 Å². The largest absolute Gasteiger partial charge is 0.548 e. The van der Waals surface area contributed by atoms with Crippen molar-refractivity contribution in [2.45, 2.75) is 45.9 Å². The number of carbonyl (C=O) groups excluding carboxylic acids is 3. The van der Waals surface area contributed by atoms with Gasteiger partial charge in [0.25, 0.3) is 0 Å². The highest BCUT2D eigenvalue weighted by atomic mass is 16.5. The lowest BCUT2D eigenvalue weighted by atomic mass is 10.0. The van der Waals surface area contributed by atoms with Gasteiger partial charge in [-0.1, -0.05) is 44.2 Å². The summed E-state index contributed by atoms with van der Waals surface area (Å²) in [5, 5.41) is 15.5. The molecule has 2 amide bonds. The van der Waals surface area contributed by atoms with Crippen LogP contribution in [-0.4, -0.2) is 30.1 Å². The van der Waals surface area contributed by atoms with Crippen molar-refractivity contribution in [3.63, 3.8) is 0 Å². The van der Waals surface area contributed by atoms with E-state index in [-0.39, 0.29) is 12.5 Å². The van der Waals surface area contributed by atoms with Gasteiger partial charge in [0.1, 0.15) is 12.6 Å². The van der Waals surface area contributed by atoms with Gasteiger partial charge in [-0.05, 0) is 24.8 Å². The maximum Gasteiger partial charge on any atom is 0.408 e. The zero-order chi connectivity index (χ0) is 18.1. The van der Waals surface area contributed by atoms with Crippen molar-refractivity contribution in [3.05, 3.63) is 35.9 Å². The summed E-state index contributed by atoms with van der Waals surface area (Å²) in [5.41, 5.74) is 0.822. The summed E-state index contributed by atoms with van der Waals surface area (Å²) in [5.74, 6) is -1.86. The minimum atomic E-state index is -1.39. The number of amides is 2. The number of nitrogens with one attached hydrogen (secondary N) is 2. The van der Waals surface area contributed by atoms with Crippen LogP contribution in [0.4, 0.5) is 4.79 Å². The molecule has 0 aromatic heterocycles. The molecule has 1 rings (SSSR count). The Morgan fingerprint density at radius 1 is 1.08 bits per heavy atom. The molecule has 0 spiro atoms. The molecule has 0 aliphatic heterocycles. The topological polar surface area (TPSA) is 108 Å². The van der Waals surface area contributed by atoms with Crippen LogP contribution in [-0.2, 0) is 20.9 Å². The van der Waals surface area contributed by atoms with Gasteiger partial charge in [0.05, 0.1) is 12.0 Å². The van der Waals surface area contributed by atoms with Crippen LogP contribution in [0.1, 0.15) is 32.8 Å². The Morgan fingerprint density at radius 2 is 1.71 bits per heavy atom. The Bertz CT molecular complexity index is 559. The minimum absolute atomic E-state index is 0.0815. The summed E-state index contributed by atoms with van der Waals surface area (Å²) in [7, 11) is 0. The van der Waals surface area contributed by atoms with Gasteiger partial charge in [-0.3, -0.25) is 4.79 Å². The van der Waals surface area contributed by atoms with Crippen molar-refractivity contribution >= 4 is 18.0 Å². The lowest BCUT2D eigenvalue weighted by Gasteiger charge is -2.22. The van der Waals surface area contributed by atoms with Crippen molar-refractivity contribution < 1.29 is 24.2 Å². The SMILES string of the molecule is CC(C)C[C@@H](NC(=O)OCc1ccccc1)C(=O)N[C@@H](C)C(=O)[O-]. The second-order valence-electron chi connectivity index (χ2n) is 5.94. The van der Waals surface area contributed by atoms with E-state index in [0.717, 1.165) is 5.56 Å². The monoisotopic (exact) mass is 335 g/mol. The molecule has 1 aromatic carbocycles. The van der Waals surface area contributed by atoms with Gasteiger partial charge in [0.2, 0.25) is 5.91 Å². The van der Waals surface area contributed by atoms with E-state index < -0.39 is 30.1 Å². The Labute approximate surface area is 141 Å². The number of hydrogen-bond acceptors (Lipinski definition) is 5. The summed E-state index contributed by atoms with van der Waals surface area (Å²) in [6.45, 7) is 5.16. The van der Waals surface area contributed by atoms with E-state index in [4.69, 9.17) is 4.74 Å². The molecule has 1 aromatic rings. The predicted molar refractivity (Wildman–Crippen MR) is 85.6 cm³/mol. The first kappa shape index (κ1) is 19.5. The standard InChI is InChI=1S/C17H24N2O5/c1-11(2)9-14(15(20)18-12(3)16(21)22)19-17(23)24-10-13-7-5-4-6-8-13/h4-8,11-12,14H,9-10H2,1-3H3,(H,18,20)(H,19,23)(H,21,22)/p-1/t12-,14+/m0/s1. The summed E-state index contributed by atoms with van der Waals surface area (Å²) in [6.07, 6.45) is -0.382. The zero-order valence-corrected chi connectivity index (χ0v) is 14.1. The number of carboxylic acid groups (broad SMARTS) is 1. The quantitative estimate of drug-likeness (QED) is 0.722. The van der Waals surface area contributed by atoms with Crippen molar-refractivity contribution in [1.82, 2.24) is 10.6 Å². The third-order valence-electron chi connectivity index (χ3n) is 3.24. The number of rotatable bonds is 8. The van der Waals surface area contributed by atoms with Crippen LogP contribution >= 0.6 is 0 Å². The highest BCUT2D eigenvalue weighted by Crippen LogP contribution is 2.07. The molecule has 0 aliphatic carbocycles. The van der Waals surface area contributed by atoms with Crippen molar-refractivity contribution in [2.24, 2.45) is 5.92 Å². The van der Waals surface area contributed by atoms with Gasteiger partial charge >= 0.3 is 6.09 Å². The Balaban J connectivity index is 2.59. The first-order chi connectivity index (χ1) is 11.3. The number of carboxylic acids is 1. The first-order valence-electron chi connectivity index (χ1n) is 7.78. The van der Waals surface area contributed by atoms with Crippen LogP contribution < -0.4 is 15.7 Å². The second kappa shape index (κ2) is 9.54. The average molecular weight is 335 g/mol. The molecular formula is C17H23N2O5-. The van der Waals surface area contributed by atoms with Crippen LogP contribution in [0.5, 0.6) is 0 Å². The van der Waals surface area contributed by atoms with E-state index in [9.17, 15) is 19.5 Å². The average Bonchev–Trinajstić information content (AvgIpc) is 2.52. The summed E-state index contributed by atoms with van der Waals surface area (Å²) < 4.78 is 5.08. The van der Waals surface area contributed by atoms with Gasteiger partial charge in [-0.25, -0.2) is 4.79 Å². The molecule has 0 aliphatic rings. The van der Waals surface area contributed by atoms with Gasteiger partial charge in [-0.15, -0.1) is 0 Å². The number of ether oxygens (including phenoxy) is 1. The molecule has 24 heavy (non-hydrogen) atoms. The molecule has 0 fully saturated rings. The summed E-state index contributed by atoms with van der Waals surface area (Å²) in [6, 6.07) is 7.11. The number of aliphatic carboxylic acids is 1. The number of benzene rings is 1. The van der Waals surface area contributed by atoms with E-state index in [1.807, 2.05) is 44.2 Å². The lowest BCUT2D eigenvalue weighted by molar-refractivity contribution is -0.307. The predicted octanol–water partition coefficient (Wildman–Crippen LogP) is 0.582. The molecule has 0 heterocycles. The van der Waals surface area contributed by atoms with E-state index in [1.165, 1.54) is 6.92 Å². The summed E-state index contributed by atoms with van der Waals surface area (Å²) >= 11 is 0. The fourth-order valence-electron chi connectivity index (χ4n) is 1.98. The highest BCUT2D eigenvalue weighted by molar-refractivity contribution is 5.88. The zero-order valence-electron chi connectivity index (χ0n) is 14.1. The fourth-order valence-corrected chi connectivity index (χ4v) is 1.98. The highest BCUT2D eigenvalue weighted by Gasteiger charge is 2.24. The third kappa shape index (κ3) is 7.13. The van der Waals surface area contributed by atoms with Crippen LogP contribution in [0.25, 0.3) is 0 Å². The molecule has 0 unspecified atom stereocenters. The molecule has 7 heteroatoms. The minimum Gasteiger partial charge on any atom is -0.548 e. The maximum atomic E-state index is 12.1. The molecule has 0 saturated carbocycles. The van der Waals surface area contributed by atoms with E-state index in [1.54, 1.807) is 0 Å². The van der Waals surface area contributed by atoms with Crippen LogP contribution in [0.3, 0.4) is 0 Å². The van der Waals surface area contributed by atoms with Gasteiger partial charge in [-0.2, -0.15) is 0 Å². The number of hydrogen-bond donors (Lipinski definition) is 2. The van der Waals surface area contributed by atoms with E-state index in [2.05, 4.69) is 10.6 Å². The Hall–Kier alpha value is -2.57. The van der Waals surface area contributed by atoms with Crippen molar-refractivity contribution in [3.8, 4) is 0 Å². The Kier molecular flexibility index (Phi) is 7.74. The Morgan fingerprint density at radius 3 is 2.25 bits per heavy atom. The van der Waals surface area contributed by atoms with E-state index >= 15 is 0 Å². The molecule has 2 atom stereocenters. The second-order valence-corrected chi connectivity index (χ2v) is 5.94. The van der Waals surface area contributed by atoms with E-state index in [0.29, 0.717) is 6.42 Å². The fraction of sp³-hybridized carbons (Fsp3) is 0.471. The molecule has 0 saturated heterocycles. The van der Waals surface area contributed by atoms with Crippen LogP contribution in [0.2, 0.25) is 0 Å². The maximum absolute atomic E-state index is 12.1. The lowest BCUT2D eigenvalue weighted by Crippen LogP contribution is -2.53.